The molecule has 0 atom stereocenters. The standard InChI is InChI=1S/C22H21N5O4S/c1-31-17-9-14(12-28)8-16(11-17)25-22-20(26-19-6-3-7-24-21(19)27-22)13-32(29,30)18-5-2-4-15(23)10-18/h2-11,28H,12-13,23H2,1H3,(H,24,25,27). The van der Waals surface area contributed by atoms with E-state index in [-0.39, 0.29) is 23.0 Å². The molecule has 0 amide bonds. The number of nitrogens with one attached hydrogen (secondary N) is 1. The van der Waals surface area contributed by atoms with E-state index in [9.17, 15) is 13.5 Å². The molecular weight excluding hydrogens is 430 g/mol. The maximum Gasteiger partial charge on any atom is 0.184 e. The summed E-state index contributed by atoms with van der Waals surface area (Å²) in [5.41, 5.74) is 8.35. The molecule has 2 heterocycles. The summed E-state index contributed by atoms with van der Waals surface area (Å²) in [4.78, 5) is 13.3. The molecule has 164 valence electrons. The fourth-order valence-electron chi connectivity index (χ4n) is 3.18. The zero-order valence-electron chi connectivity index (χ0n) is 17.2. The molecular formula is C22H21N5O4S. The lowest BCUT2D eigenvalue weighted by atomic mass is 10.2. The van der Waals surface area contributed by atoms with Gasteiger partial charge in [0.25, 0.3) is 0 Å². The van der Waals surface area contributed by atoms with Crippen LogP contribution in [0.4, 0.5) is 17.2 Å². The van der Waals surface area contributed by atoms with Gasteiger partial charge in [0.1, 0.15) is 17.0 Å². The van der Waals surface area contributed by atoms with Crippen molar-refractivity contribution in [1.82, 2.24) is 15.0 Å². The Labute approximate surface area is 184 Å². The number of aromatic nitrogens is 3. The summed E-state index contributed by atoms with van der Waals surface area (Å²) in [6.45, 7) is -0.187. The van der Waals surface area contributed by atoms with Crippen molar-refractivity contribution < 1.29 is 18.3 Å². The number of hydrogen-bond donors (Lipinski definition) is 3. The highest BCUT2D eigenvalue weighted by Crippen LogP contribution is 2.28. The summed E-state index contributed by atoms with van der Waals surface area (Å²) in [6.07, 6.45) is 1.58. The molecule has 0 aliphatic carbocycles. The molecule has 0 saturated heterocycles. The second-order valence-electron chi connectivity index (χ2n) is 7.05. The number of ether oxygens (including phenoxy) is 1. The van der Waals surface area contributed by atoms with E-state index < -0.39 is 15.6 Å². The van der Waals surface area contributed by atoms with E-state index in [4.69, 9.17) is 10.5 Å². The molecule has 0 bridgehead atoms. The van der Waals surface area contributed by atoms with Gasteiger partial charge in [-0.25, -0.2) is 23.4 Å². The van der Waals surface area contributed by atoms with Crippen molar-refractivity contribution in [2.45, 2.75) is 17.3 Å². The Bertz CT molecular complexity index is 1370. The molecule has 0 spiro atoms. The lowest BCUT2D eigenvalue weighted by molar-refractivity contribution is 0.281. The van der Waals surface area contributed by atoms with Crippen LogP contribution in [0.15, 0.2) is 65.7 Å². The Morgan fingerprint density at radius 3 is 2.69 bits per heavy atom. The van der Waals surface area contributed by atoms with Gasteiger partial charge in [-0.3, -0.25) is 0 Å². The van der Waals surface area contributed by atoms with Gasteiger partial charge in [0.2, 0.25) is 0 Å². The molecule has 4 aromatic rings. The number of hydrogen-bond acceptors (Lipinski definition) is 9. The first kappa shape index (κ1) is 21.5. The Morgan fingerprint density at radius 1 is 1.09 bits per heavy atom. The van der Waals surface area contributed by atoms with Crippen LogP contribution in [0.5, 0.6) is 5.75 Å². The zero-order chi connectivity index (χ0) is 22.7. The first-order valence-electron chi connectivity index (χ1n) is 9.64. The van der Waals surface area contributed by atoms with Crippen molar-refractivity contribution in [2.75, 3.05) is 18.2 Å². The quantitative estimate of drug-likeness (QED) is 0.362. The first-order chi connectivity index (χ1) is 15.4. The third-order valence-corrected chi connectivity index (χ3v) is 6.33. The number of aliphatic hydroxyl groups is 1. The highest BCUT2D eigenvalue weighted by atomic mass is 32.2. The minimum atomic E-state index is -3.75. The number of rotatable bonds is 7. The van der Waals surface area contributed by atoms with Crippen molar-refractivity contribution >= 4 is 38.2 Å². The molecule has 10 heteroatoms. The summed E-state index contributed by atoms with van der Waals surface area (Å²) in [6, 6.07) is 14.6. The van der Waals surface area contributed by atoms with Crippen LogP contribution >= 0.6 is 0 Å². The smallest absolute Gasteiger partial charge is 0.184 e. The molecule has 0 saturated carbocycles. The molecule has 2 aromatic carbocycles. The lowest BCUT2D eigenvalue weighted by Gasteiger charge is -2.14. The van der Waals surface area contributed by atoms with Gasteiger partial charge in [-0.15, -0.1) is 0 Å². The van der Waals surface area contributed by atoms with Crippen molar-refractivity contribution in [2.24, 2.45) is 0 Å². The minimum Gasteiger partial charge on any atom is -0.497 e. The van der Waals surface area contributed by atoms with Crippen LogP contribution in [0.2, 0.25) is 0 Å². The highest BCUT2D eigenvalue weighted by Gasteiger charge is 2.21. The monoisotopic (exact) mass is 451 g/mol. The predicted octanol–water partition coefficient (Wildman–Crippen LogP) is 2.83. The van der Waals surface area contributed by atoms with Crippen LogP contribution in [-0.2, 0) is 22.2 Å². The van der Waals surface area contributed by atoms with Gasteiger partial charge < -0.3 is 20.9 Å². The minimum absolute atomic E-state index is 0.0977. The van der Waals surface area contributed by atoms with Crippen LogP contribution in [0.25, 0.3) is 11.2 Å². The molecule has 0 aliphatic rings. The van der Waals surface area contributed by atoms with Gasteiger partial charge in [0, 0.05) is 23.6 Å². The lowest BCUT2D eigenvalue weighted by Crippen LogP contribution is -2.11. The summed E-state index contributed by atoms with van der Waals surface area (Å²) >= 11 is 0. The summed E-state index contributed by atoms with van der Waals surface area (Å²) in [5.74, 6) is 0.369. The maximum atomic E-state index is 13.1. The number of nitrogen functional groups attached to an aromatic ring is 1. The van der Waals surface area contributed by atoms with Gasteiger partial charge in [-0.2, -0.15) is 0 Å². The average Bonchev–Trinajstić information content (AvgIpc) is 2.79. The maximum absolute atomic E-state index is 13.1. The molecule has 2 aromatic heterocycles. The molecule has 9 nitrogen and oxygen atoms in total. The van der Waals surface area contributed by atoms with Crippen molar-refractivity contribution in [1.29, 1.82) is 0 Å². The van der Waals surface area contributed by atoms with Crippen LogP contribution in [0, 0.1) is 0 Å². The van der Waals surface area contributed by atoms with E-state index >= 15 is 0 Å². The fourth-order valence-corrected chi connectivity index (χ4v) is 4.51. The number of methoxy groups -OCH3 is 1. The normalized spacial score (nSPS) is 11.4. The summed E-state index contributed by atoms with van der Waals surface area (Å²) in [5, 5.41) is 12.6. The molecule has 32 heavy (non-hydrogen) atoms. The Hall–Kier alpha value is -3.76. The predicted molar refractivity (Wildman–Crippen MR) is 121 cm³/mol. The van der Waals surface area contributed by atoms with Crippen LogP contribution in [-0.4, -0.2) is 35.6 Å². The van der Waals surface area contributed by atoms with Crippen LogP contribution in [0.1, 0.15) is 11.3 Å². The second kappa shape index (κ2) is 8.77. The number of sulfone groups is 1. The molecule has 4 N–H and O–H groups in total. The number of benzene rings is 2. The molecule has 0 unspecified atom stereocenters. The van der Waals surface area contributed by atoms with Crippen LogP contribution in [0.3, 0.4) is 0 Å². The Kier molecular flexibility index (Phi) is 5.89. The van der Waals surface area contributed by atoms with Gasteiger partial charge in [0.05, 0.1) is 24.3 Å². The number of nitrogens with two attached hydrogens (primary N) is 1. The second-order valence-corrected chi connectivity index (χ2v) is 9.04. The van der Waals surface area contributed by atoms with E-state index in [1.165, 1.54) is 19.2 Å². The van der Waals surface area contributed by atoms with Crippen LogP contribution < -0.4 is 15.8 Å². The number of anilines is 3. The average molecular weight is 452 g/mol. The van der Waals surface area contributed by atoms with Crippen molar-refractivity contribution in [3.8, 4) is 5.75 Å². The van der Waals surface area contributed by atoms with Gasteiger partial charge >= 0.3 is 0 Å². The zero-order valence-corrected chi connectivity index (χ0v) is 18.0. The Balaban J connectivity index is 1.79. The molecule has 0 fully saturated rings. The number of nitrogens with zero attached hydrogens (tertiary/aromatic N) is 3. The summed E-state index contributed by atoms with van der Waals surface area (Å²) in [7, 11) is -2.24. The van der Waals surface area contributed by atoms with E-state index in [0.717, 1.165) is 0 Å². The largest absolute Gasteiger partial charge is 0.497 e. The molecule has 0 radical (unpaired) electrons. The first-order valence-corrected chi connectivity index (χ1v) is 11.3. The van der Waals surface area contributed by atoms with Crippen molar-refractivity contribution in [3.05, 3.63) is 72.1 Å². The van der Waals surface area contributed by atoms with E-state index in [1.807, 2.05) is 0 Å². The number of aliphatic hydroxyl groups excluding tert-OH is 1. The number of pyridine rings is 1. The molecule has 0 aliphatic heterocycles. The summed E-state index contributed by atoms with van der Waals surface area (Å²) < 4.78 is 31.4. The topological polar surface area (TPSA) is 140 Å². The third kappa shape index (κ3) is 4.61. The fraction of sp³-hybridized carbons (Fsp3) is 0.136. The number of fused-ring (bicyclic) bond motifs is 1. The van der Waals surface area contributed by atoms with Gasteiger partial charge in [-0.1, -0.05) is 6.07 Å². The SMILES string of the molecule is COc1cc(CO)cc(Nc2nc3ncccc3nc2CS(=O)(=O)c2cccc(N)c2)c1. The van der Waals surface area contributed by atoms with Crippen molar-refractivity contribution in [3.63, 3.8) is 0 Å². The Morgan fingerprint density at radius 2 is 1.94 bits per heavy atom. The van der Waals surface area contributed by atoms with E-state index in [1.54, 1.807) is 48.7 Å². The van der Waals surface area contributed by atoms with E-state index in [0.29, 0.717) is 33.9 Å². The van der Waals surface area contributed by atoms with Gasteiger partial charge in [0.15, 0.2) is 21.3 Å². The van der Waals surface area contributed by atoms with E-state index in [2.05, 4.69) is 20.3 Å². The molecule has 4 rings (SSSR count). The van der Waals surface area contributed by atoms with Gasteiger partial charge in [-0.05, 0) is 48.0 Å². The third-order valence-electron chi connectivity index (χ3n) is 4.70. The highest BCUT2D eigenvalue weighted by molar-refractivity contribution is 7.90.